The third-order valence-electron chi connectivity index (χ3n) is 4.23. The van der Waals surface area contributed by atoms with Crippen LogP contribution in [-0.4, -0.2) is 51.1 Å². The minimum absolute atomic E-state index is 0.132. The van der Waals surface area contributed by atoms with Crippen molar-refractivity contribution in [2.75, 3.05) is 33.9 Å². The summed E-state index contributed by atoms with van der Waals surface area (Å²) < 4.78 is 11.2. The van der Waals surface area contributed by atoms with E-state index in [0.717, 1.165) is 25.1 Å². The van der Waals surface area contributed by atoms with Gasteiger partial charge in [-0.3, -0.25) is 0 Å². The number of rotatable bonds is 6. The molecule has 116 valence electrons. The number of ether oxygens (including phenoxy) is 2. The summed E-state index contributed by atoms with van der Waals surface area (Å²) in [6.07, 6.45) is 1.74. The van der Waals surface area contributed by atoms with E-state index in [1.54, 1.807) is 7.11 Å². The zero-order chi connectivity index (χ0) is 15.2. The van der Waals surface area contributed by atoms with Crippen LogP contribution < -0.4 is 4.74 Å². The molecule has 0 aromatic heterocycles. The number of benzene rings is 1. The monoisotopic (exact) mass is 291 g/mol. The van der Waals surface area contributed by atoms with Gasteiger partial charge in [0.15, 0.2) is 0 Å². The van der Waals surface area contributed by atoms with Gasteiger partial charge in [0.1, 0.15) is 12.0 Å². The van der Waals surface area contributed by atoms with E-state index in [9.17, 15) is 4.79 Å². The van der Waals surface area contributed by atoms with Gasteiger partial charge in [0.2, 0.25) is 0 Å². The van der Waals surface area contributed by atoms with Gasteiger partial charge < -0.3 is 19.2 Å². The van der Waals surface area contributed by atoms with Crippen molar-refractivity contribution in [1.82, 2.24) is 4.90 Å². The topological polar surface area (TPSA) is 38.8 Å². The maximum absolute atomic E-state index is 11.0. The van der Waals surface area contributed by atoms with Gasteiger partial charge in [-0.25, -0.2) is 0 Å². The van der Waals surface area contributed by atoms with E-state index < -0.39 is 0 Å². The highest BCUT2D eigenvalue weighted by molar-refractivity contribution is 5.50. The molecule has 0 amide bonds. The van der Waals surface area contributed by atoms with Gasteiger partial charge in [0.25, 0.3) is 0 Å². The van der Waals surface area contributed by atoms with Crippen LogP contribution in [0.4, 0.5) is 0 Å². The Kier molecular flexibility index (Phi) is 5.76. The predicted octanol–water partition coefficient (Wildman–Crippen LogP) is 2.33. The SMILES string of the molecule is CCOC1CN(C)CC(CC=O)C1c1ccc(OC)cc1. The molecule has 0 spiro atoms. The van der Waals surface area contributed by atoms with Crippen LogP contribution in [0.15, 0.2) is 24.3 Å². The van der Waals surface area contributed by atoms with Crippen LogP contribution in [0.2, 0.25) is 0 Å². The molecule has 0 saturated carbocycles. The maximum atomic E-state index is 11.0. The molecular formula is C17H25NO3. The van der Waals surface area contributed by atoms with Gasteiger partial charge in [-0.05, 0) is 37.6 Å². The number of aldehydes is 1. The summed E-state index contributed by atoms with van der Waals surface area (Å²) in [6, 6.07) is 8.15. The lowest BCUT2D eigenvalue weighted by Crippen LogP contribution is -2.47. The highest BCUT2D eigenvalue weighted by atomic mass is 16.5. The fourth-order valence-electron chi connectivity index (χ4n) is 3.34. The van der Waals surface area contributed by atoms with Crippen molar-refractivity contribution in [2.24, 2.45) is 5.92 Å². The molecule has 3 unspecified atom stereocenters. The van der Waals surface area contributed by atoms with Crippen LogP contribution >= 0.6 is 0 Å². The smallest absolute Gasteiger partial charge is 0.120 e. The fraction of sp³-hybridized carbons (Fsp3) is 0.588. The van der Waals surface area contributed by atoms with Crippen LogP contribution in [-0.2, 0) is 9.53 Å². The molecule has 0 aliphatic carbocycles. The Labute approximate surface area is 127 Å². The molecule has 0 radical (unpaired) electrons. The van der Waals surface area contributed by atoms with Gasteiger partial charge in [0.05, 0.1) is 13.2 Å². The van der Waals surface area contributed by atoms with E-state index in [0.29, 0.717) is 18.9 Å². The fourth-order valence-corrected chi connectivity index (χ4v) is 3.34. The van der Waals surface area contributed by atoms with Gasteiger partial charge in [-0.1, -0.05) is 12.1 Å². The molecule has 21 heavy (non-hydrogen) atoms. The van der Waals surface area contributed by atoms with Crippen molar-refractivity contribution in [2.45, 2.75) is 25.4 Å². The number of piperidine rings is 1. The Morgan fingerprint density at radius 1 is 1.29 bits per heavy atom. The second-order valence-electron chi connectivity index (χ2n) is 5.68. The van der Waals surface area contributed by atoms with Crippen LogP contribution in [0.25, 0.3) is 0 Å². The van der Waals surface area contributed by atoms with E-state index in [1.807, 2.05) is 19.1 Å². The quantitative estimate of drug-likeness (QED) is 0.754. The maximum Gasteiger partial charge on any atom is 0.120 e. The van der Waals surface area contributed by atoms with Crippen molar-refractivity contribution in [3.05, 3.63) is 29.8 Å². The molecule has 0 bridgehead atoms. The van der Waals surface area contributed by atoms with E-state index in [4.69, 9.17) is 9.47 Å². The lowest BCUT2D eigenvalue weighted by Gasteiger charge is -2.42. The Balaban J connectivity index is 2.28. The molecule has 1 saturated heterocycles. The van der Waals surface area contributed by atoms with E-state index in [1.165, 1.54) is 5.56 Å². The van der Waals surface area contributed by atoms with Crippen molar-refractivity contribution >= 4 is 6.29 Å². The molecule has 1 aliphatic heterocycles. The van der Waals surface area contributed by atoms with Gasteiger partial charge in [0, 0.05) is 32.0 Å². The number of hydrogen-bond donors (Lipinski definition) is 0. The molecule has 4 nitrogen and oxygen atoms in total. The van der Waals surface area contributed by atoms with Crippen molar-refractivity contribution in [1.29, 1.82) is 0 Å². The standard InChI is InChI=1S/C17H25NO3/c1-4-21-16-12-18(2)11-14(9-10-19)17(16)13-5-7-15(20-3)8-6-13/h5-8,10,14,16-17H,4,9,11-12H2,1-3H3. The number of nitrogens with zero attached hydrogens (tertiary/aromatic N) is 1. The minimum Gasteiger partial charge on any atom is -0.497 e. The van der Waals surface area contributed by atoms with E-state index in [-0.39, 0.29) is 12.0 Å². The van der Waals surface area contributed by atoms with Crippen LogP contribution in [0.5, 0.6) is 5.75 Å². The third kappa shape index (κ3) is 3.83. The largest absolute Gasteiger partial charge is 0.497 e. The number of carbonyl (C=O) groups excluding carboxylic acids is 1. The third-order valence-corrected chi connectivity index (χ3v) is 4.23. The molecule has 1 fully saturated rings. The first-order valence-corrected chi connectivity index (χ1v) is 7.57. The van der Waals surface area contributed by atoms with Gasteiger partial charge in [-0.2, -0.15) is 0 Å². The molecule has 3 atom stereocenters. The summed E-state index contributed by atoms with van der Waals surface area (Å²) in [5.74, 6) is 1.41. The van der Waals surface area contributed by atoms with Gasteiger partial charge >= 0.3 is 0 Å². The Morgan fingerprint density at radius 3 is 2.57 bits per heavy atom. The van der Waals surface area contributed by atoms with E-state index in [2.05, 4.69) is 24.1 Å². The molecule has 1 aliphatic rings. The summed E-state index contributed by atoms with van der Waals surface area (Å²) >= 11 is 0. The number of methoxy groups -OCH3 is 1. The van der Waals surface area contributed by atoms with Crippen LogP contribution in [0.1, 0.15) is 24.8 Å². The second-order valence-corrected chi connectivity index (χ2v) is 5.68. The Bertz CT molecular complexity index is 446. The molecule has 1 aromatic rings. The lowest BCUT2D eigenvalue weighted by atomic mass is 9.77. The molecule has 1 heterocycles. The molecule has 0 N–H and O–H groups in total. The number of likely N-dealkylation sites (N-methyl/N-ethyl adjacent to an activating group) is 1. The first-order chi connectivity index (χ1) is 10.2. The normalized spacial score (nSPS) is 26.5. The zero-order valence-corrected chi connectivity index (χ0v) is 13.1. The lowest BCUT2D eigenvalue weighted by molar-refractivity contribution is -0.110. The highest BCUT2D eigenvalue weighted by Crippen LogP contribution is 2.36. The summed E-state index contributed by atoms with van der Waals surface area (Å²) in [4.78, 5) is 13.3. The van der Waals surface area contributed by atoms with Crippen molar-refractivity contribution in [3.8, 4) is 5.75 Å². The Morgan fingerprint density at radius 2 is 2.00 bits per heavy atom. The van der Waals surface area contributed by atoms with E-state index >= 15 is 0 Å². The average molecular weight is 291 g/mol. The summed E-state index contributed by atoms with van der Waals surface area (Å²) in [5.41, 5.74) is 1.23. The first kappa shape index (κ1) is 16.0. The minimum atomic E-state index is 0.132. The van der Waals surface area contributed by atoms with Crippen LogP contribution in [0, 0.1) is 5.92 Å². The summed E-state index contributed by atoms with van der Waals surface area (Å²) in [5, 5.41) is 0. The Hall–Kier alpha value is -1.39. The molecular weight excluding hydrogens is 266 g/mol. The van der Waals surface area contributed by atoms with Crippen molar-refractivity contribution in [3.63, 3.8) is 0 Å². The second kappa shape index (κ2) is 7.57. The molecule has 2 rings (SSSR count). The first-order valence-electron chi connectivity index (χ1n) is 7.57. The average Bonchev–Trinajstić information content (AvgIpc) is 2.48. The predicted molar refractivity (Wildman–Crippen MR) is 82.8 cm³/mol. The zero-order valence-electron chi connectivity index (χ0n) is 13.1. The number of carbonyl (C=O) groups is 1. The van der Waals surface area contributed by atoms with Gasteiger partial charge in [-0.15, -0.1) is 0 Å². The number of hydrogen-bond acceptors (Lipinski definition) is 4. The van der Waals surface area contributed by atoms with Crippen LogP contribution in [0.3, 0.4) is 0 Å². The highest BCUT2D eigenvalue weighted by Gasteiger charge is 2.36. The summed E-state index contributed by atoms with van der Waals surface area (Å²) in [7, 11) is 3.76. The van der Waals surface area contributed by atoms with Crippen molar-refractivity contribution < 1.29 is 14.3 Å². The molecule has 4 heteroatoms. The molecule has 1 aromatic carbocycles. The number of likely N-dealkylation sites (tertiary alicyclic amines) is 1. The summed E-state index contributed by atoms with van der Waals surface area (Å²) in [6.45, 7) is 4.55.